The first-order chi connectivity index (χ1) is 7.72. The van der Waals surface area contributed by atoms with Crippen molar-refractivity contribution >= 4 is 15.9 Å². The van der Waals surface area contributed by atoms with Crippen molar-refractivity contribution in [1.29, 1.82) is 0 Å². The number of benzene rings is 1. The van der Waals surface area contributed by atoms with E-state index in [2.05, 4.69) is 31.4 Å². The maximum absolute atomic E-state index is 13.7. The van der Waals surface area contributed by atoms with Crippen molar-refractivity contribution in [1.82, 2.24) is 15.5 Å². The molecular weight excluding hydrogens is 273 g/mol. The summed E-state index contributed by atoms with van der Waals surface area (Å²) in [5, 5.41) is 9.81. The molecule has 0 saturated heterocycles. The summed E-state index contributed by atoms with van der Waals surface area (Å²) >= 11 is 3.33. The van der Waals surface area contributed by atoms with E-state index in [4.69, 9.17) is 0 Å². The third-order valence-electron chi connectivity index (χ3n) is 2.29. The zero-order chi connectivity index (χ0) is 11.5. The molecule has 5 heteroatoms. The van der Waals surface area contributed by atoms with Gasteiger partial charge in [-0.15, -0.1) is 0 Å². The van der Waals surface area contributed by atoms with E-state index < -0.39 is 0 Å². The van der Waals surface area contributed by atoms with Crippen molar-refractivity contribution in [2.75, 3.05) is 7.05 Å². The number of aromatic amines is 1. The Balaban J connectivity index is 2.49. The molecule has 0 amide bonds. The van der Waals surface area contributed by atoms with Crippen molar-refractivity contribution in [3.8, 4) is 11.1 Å². The summed E-state index contributed by atoms with van der Waals surface area (Å²) in [6.07, 6.45) is 1.64. The number of nitrogens with zero attached hydrogens (tertiary/aromatic N) is 1. The molecule has 0 unspecified atom stereocenters. The van der Waals surface area contributed by atoms with E-state index in [1.165, 1.54) is 6.07 Å². The third kappa shape index (κ3) is 2.15. The van der Waals surface area contributed by atoms with E-state index in [0.29, 0.717) is 12.1 Å². The fraction of sp³-hybridized carbons (Fsp3) is 0.182. The molecule has 0 fully saturated rings. The number of H-pyrrole nitrogens is 1. The predicted octanol–water partition coefficient (Wildman–Crippen LogP) is 2.70. The second-order valence-electron chi connectivity index (χ2n) is 3.42. The van der Waals surface area contributed by atoms with Gasteiger partial charge in [-0.25, -0.2) is 4.39 Å². The minimum absolute atomic E-state index is 0.248. The Morgan fingerprint density at radius 3 is 3.00 bits per heavy atom. The first-order valence-electron chi connectivity index (χ1n) is 4.84. The van der Waals surface area contributed by atoms with Crippen LogP contribution in [0, 0.1) is 5.82 Å². The fourth-order valence-electron chi connectivity index (χ4n) is 1.56. The van der Waals surface area contributed by atoms with Crippen LogP contribution in [-0.2, 0) is 6.54 Å². The van der Waals surface area contributed by atoms with Crippen LogP contribution in [0.3, 0.4) is 0 Å². The third-order valence-corrected chi connectivity index (χ3v) is 2.78. The number of aromatic nitrogens is 2. The SMILES string of the molecule is CNCc1[nH]ncc1-c1cc(Br)ccc1F. The topological polar surface area (TPSA) is 40.7 Å². The Hall–Kier alpha value is -1.20. The van der Waals surface area contributed by atoms with Gasteiger partial charge in [0, 0.05) is 22.1 Å². The summed E-state index contributed by atoms with van der Waals surface area (Å²) in [7, 11) is 1.84. The summed E-state index contributed by atoms with van der Waals surface area (Å²) in [6, 6.07) is 4.87. The number of hydrogen-bond acceptors (Lipinski definition) is 2. The molecule has 1 heterocycles. The highest BCUT2D eigenvalue weighted by Gasteiger charge is 2.11. The van der Waals surface area contributed by atoms with Crippen molar-refractivity contribution in [3.63, 3.8) is 0 Å². The van der Waals surface area contributed by atoms with E-state index in [9.17, 15) is 4.39 Å². The molecule has 2 rings (SSSR count). The standard InChI is InChI=1S/C11H11BrFN3/c1-14-6-11-9(5-15-16-11)8-4-7(12)2-3-10(8)13/h2-5,14H,6H2,1H3,(H,15,16). The van der Waals surface area contributed by atoms with E-state index in [0.717, 1.165) is 15.7 Å². The Morgan fingerprint density at radius 2 is 2.25 bits per heavy atom. The molecule has 1 aromatic carbocycles. The number of rotatable bonds is 3. The van der Waals surface area contributed by atoms with Crippen molar-refractivity contribution in [2.24, 2.45) is 0 Å². The van der Waals surface area contributed by atoms with Gasteiger partial charge in [0.1, 0.15) is 5.82 Å². The lowest BCUT2D eigenvalue weighted by Gasteiger charge is -2.04. The highest BCUT2D eigenvalue weighted by atomic mass is 79.9. The molecule has 0 saturated carbocycles. The first kappa shape index (κ1) is 11.3. The van der Waals surface area contributed by atoms with Crippen molar-refractivity contribution in [2.45, 2.75) is 6.54 Å². The lowest BCUT2D eigenvalue weighted by atomic mass is 10.1. The van der Waals surface area contributed by atoms with Crippen LogP contribution in [0.2, 0.25) is 0 Å². The van der Waals surface area contributed by atoms with E-state index in [1.54, 1.807) is 18.3 Å². The second kappa shape index (κ2) is 4.76. The Morgan fingerprint density at radius 1 is 1.44 bits per heavy atom. The maximum Gasteiger partial charge on any atom is 0.131 e. The quantitative estimate of drug-likeness (QED) is 0.909. The molecule has 0 spiro atoms. The monoisotopic (exact) mass is 283 g/mol. The van der Waals surface area contributed by atoms with Gasteiger partial charge in [0.25, 0.3) is 0 Å². The van der Waals surface area contributed by atoms with E-state index in [-0.39, 0.29) is 5.82 Å². The van der Waals surface area contributed by atoms with Gasteiger partial charge in [-0.2, -0.15) is 5.10 Å². The first-order valence-corrected chi connectivity index (χ1v) is 5.64. The molecule has 3 nitrogen and oxygen atoms in total. The lowest BCUT2D eigenvalue weighted by Crippen LogP contribution is -2.06. The highest BCUT2D eigenvalue weighted by molar-refractivity contribution is 9.10. The van der Waals surface area contributed by atoms with Gasteiger partial charge in [-0.1, -0.05) is 15.9 Å². The molecule has 0 radical (unpaired) electrons. The molecule has 0 bridgehead atoms. The number of hydrogen-bond donors (Lipinski definition) is 2. The van der Waals surface area contributed by atoms with Crippen LogP contribution in [0.1, 0.15) is 5.69 Å². The van der Waals surface area contributed by atoms with Crippen molar-refractivity contribution in [3.05, 3.63) is 40.4 Å². The summed E-state index contributed by atoms with van der Waals surface area (Å²) in [6.45, 7) is 0.626. The summed E-state index contributed by atoms with van der Waals surface area (Å²) < 4.78 is 14.5. The molecule has 84 valence electrons. The number of halogens is 2. The smallest absolute Gasteiger partial charge is 0.131 e. The molecule has 2 N–H and O–H groups in total. The van der Waals surface area contributed by atoms with Gasteiger partial charge in [0.15, 0.2) is 0 Å². The van der Waals surface area contributed by atoms with Crippen LogP contribution >= 0.6 is 15.9 Å². The van der Waals surface area contributed by atoms with Gasteiger partial charge < -0.3 is 5.32 Å². The molecule has 0 aliphatic carbocycles. The largest absolute Gasteiger partial charge is 0.314 e. The van der Waals surface area contributed by atoms with Crippen LogP contribution in [0.4, 0.5) is 4.39 Å². The second-order valence-corrected chi connectivity index (χ2v) is 4.33. The molecule has 0 atom stereocenters. The fourth-order valence-corrected chi connectivity index (χ4v) is 1.92. The lowest BCUT2D eigenvalue weighted by molar-refractivity contribution is 0.630. The average Bonchev–Trinajstić information content (AvgIpc) is 2.70. The van der Waals surface area contributed by atoms with Gasteiger partial charge in [0.05, 0.1) is 11.9 Å². The Kier molecular flexibility index (Phi) is 3.36. The maximum atomic E-state index is 13.7. The Bertz CT molecular complexity index is 496. The summed E-state index contributed by atoms with van der Waals surface area (Å²) in [5.74, 6) is -0.248. The highest BCUT2D eigenvalue weighted by Crippen LogP contribution is 2.27. The van der Waals surface area contributed by atoms with Gasteiger partial charge in [0.2, 0.25) is 0 Å². The van der Waals surface area contributed by atoms with Crippen LogP contribution in [0.5, 0.6) is 0 Å². The van der Waals surface area contributed by atoms with Crippen LogP contribution in [-0.4, -0.2) is 17.2 Å². The van der Waals surface area contributed by atoms with Gasteiger partial charge in [-0.3, -0.25) is 5.10 Å². The van der Waals surface area contributed by atoms with Gasteiger partial charge >= 0.3 is 0 Å². The van der Waals surface area contributed by atoms with Crippen LogP contribution in [0.15, 0.2) is 28.9 Å². The van der Waals surface area contributed by atoms with E-state index >= 15 is 0 Å². The molecule has 1 aromatic heterocycles. The van der Waals surface area contributed by atoms with Gasteiger partial charge in [-0.05, 0) is 25.2 Å². The zero-order valence-corrected chi connectivity index (χ0v) is 10.3. The summed E-state index contributed by atoms with van der Waals surface area (Å²) in [4.78, 5) is 0. The van der Waals surface area contributed by atoms with Crippen LogP contribution < -0.4 is 5.32 Å². The molecule has 2 aromatic rings. The zero-order valence-electron chi connectivity index (χ0n) is 8.72. The predicted molar refractivity (Wildman–Crippen MR) is 64.4 cm³/mol. The summed E-state index contributed by atoms with van der Waals surface area (Å²) in [5.41, 5.74) is 2.21. The van der Waals surface area contributed by atoms with Crippen molar-refractivity contribution < 1.29 is 4.39 Å². The van der Waals surface area contributed by atoms with Crippen LogP contribution in [0.25, 0.3) is 11.1 Å². The molecule has 16 heavy (non-hydrogen) atoms. The van der Waals surface area contributed by atoms with E-state index in [1.807, 2.05) is 7.05 Å². The molecule has 0 aliphatic heterocycles. The Labute approximate surface area is 101 Å². The molecular formula is C11H11BrFN3. The minimum atomic E-state index is -0.248. The minimum Gasteiger partial charge on any atom is -0.314 e. The number of nitrogens with one attached hydrogen (secondary N) is 2. The molecule has 0 aliphatic rings. The normalized spacial score (nSPS) is 10.7. The average molecular weight is 284 g/mol.